The van der Waals surface area contributed by atoms with Gasteiger partial charge in [-0.2, -0.15) is 0 Å². The summed E-state index contributed by atoms with van der Waals surface area (Å²) in [4.78, 5) is 0. The Bertz CT molecular complexity index is 436. The Morgan fingerprint density at radius 1 is 1.40 bits per heavy atom. The number of hydrogen-bond donors (Lipinski definition) is 1. The monoisotopic (exact) mass is 205 g/mol. The number of rotatable bonds is 4. The highest BCUT2D eigenvalue weighted by Crippen LogP contribution is 2.22. The first-order valence-electron chi connectivity index (χ1n) is 5.08. The van der Waals surface area contributed by atoms with E-state index in [2.05, 4.69) is 5.32 Å². The number of furan rings is 1. The lowest BCUT2D eigenvalue weighted by molar-refractivity contribution is 0.220. The van der Waals surface area contributed by atoms with Crippen LogP contribution in [0.4, 0.5) is 0 Å². The fourth-order valence-corrected chi connectivity index (χ4v) is 1.57. The highest BCUT2D eigenvalue weighted by atomic mass is 16.5. The van der Waals surface area contributed by atoms with E-state index in [1.54, 1.807) is 6.26 Å². The Morgan fingerprint density at radius 3 is 3.07 bits per heavy atom. The number of likely N-dealkylation sites (N-methyl/N-ethyl adjacent to an activating group) is 1. The van der Waals surface area contributed by atoms with Crippen LogP contribution in [0.5, 0.6) is 5.75 Å². The van der Waals surface area contributed by atoms with Crippen LogP contribution in [0.25, 0.3) is 11.0 Å². The van der Waals surface area contributed by atoms with Gasteiger partial charge in [0.15, 0.2) is 0 Å². The van der Waals surface area contributed by atoms with Crippen molar-refractivity contribution in [2.45, 2.75) is 13.0 Å². The molecule has 3 heteroatoms. The number of hydrogen-bond acceptors (Lipinski definition) is 3. The van der Waals surface area contributed by atoms with Gasteiger partial charge in [-0.3, -0.25) is 0 Å². The first-order chi connectivity index (χ1) is 7.29. The van der Waals surface area contributed by atoms with Gasteiger partial charge in [-0.15, -0.1) is 0 Å². The quantitative estimate of drug-likeness (QED) is 0.832. The lowest BCUT2D eigenvalue weighted by atomic mass is 10.2. The molecule has 0 aliphatic carbocycles. The summed E-state index contributed by atoms with van der Waals surface area (Å²) in [6, 6.07) is 7.82. The molecular weight excluding hydrogens is 190 g/mol. The number of nitrogens with one attached hydrogen (secondary N) is 1. The molecule has 0 fully saturated rings. The van der Waals surface area contributed by atoms with Crippen LogP contribution >= 0.6 is 0 Å². The summed E-state index contributed by atoms with van der Waals surface area (Å²) >= 11 is 0. The summed E-state index contributed by atoms with van der Waals surface area (Å²) in [5.41, 5.74) is 0.865. The normalized spacial score (nSPS) is 12.9. The Hall–Kier alpha value is -1.48. The van der Waals surface area contributed by atoms with Gasteiger partial charge in [0.1, 0.15) is 17.4 Å². The Labute approximate surface area is 89.0 Å². The standard InChI is InChI=1S/C12H15NO2/c1-9(8-13-2)15-11-4-3-10-5-6-14-12(10)7-11/h3-7,9,13H,8H2,1-2H3. The van der Waals surface area contributed by atoms with Crippen molar-refractivity contribution in [2.24, 2.45) is 0 Å². The van der Waals surface area contributed by atoms with Crippen LogP contribution < -0.4 is 10.1 Å². The Balaban J connectivity index is 2.14. The van der Waals surface area contributed by atoms with E-state index in [1.165, 1.54) is 0 Å². The molecule has 80 valence electrons. The molecule has 2 rings (SSSR count). The van der Waals surface area contributed by atoms with Crippen LogP contribution in [0.1, 0.15) is 6.92 Å². The van der Waals surface area contributed by atoms with Gasteiger partial charge >= 0.3 is 0 Å². The van der Waals surface area contributed by atoms with Crippen molar-refractivity contribution >= 4 is 11.0 Å². The molecule has 1 heterocycles. The fraction of sp³-hybridized carbons (Fsp3) is 0.333. The average Bonchev–Trinajstić information content (AvgIpc) is 2.65. The van der Waals surface area contributed by atoms with Gasteiger partial charge in [0.25, 0.3) is 0 Å². The molecule has 1 aromatic carbocycles. The van der Waals surface area contributed by atoms with Crippen molar-refractivity contribution in [2.75, 3.05) is 13.6 Å². The van der Waals surface area contributed by atoms with E-state index in [-0.39, 0.29) is 6.10 Å². The molecule has 0 bridgehead atoms. The zero-order chi connectivity index (χ0) is 10.7. The topological polar surface area (TPSA) is 34.4 Å². The summed E-state index contributed by atoms with van der Waals surface area (Å²) in [5, 5.41) is 4.17. The number of benzene rings is 1. The second-order valence-corrected chi connectivity index (χ2v) is 3.61. The van der Waals surface area contributed by atoms with E-state index in [0.29, 0.717) is 0 Å². The van der Waals surface area contributed by atoms with Gasteiger partial charge in [0, 0.05) is 18.0 Å². The molecular formula is C12H15NO2. The van der Waals surface area contributed by atoms with Crippen molar-refractivity contribution in [1.82, 2.24) is 5.32 Å². The average molecular weight is 205 g/mol. The third kappa shape index (κ3) is 2.30. The first kappa shape index (κ1) is 10.1. The molecule has 1 N–H and O–H groups in total. The van der Waals surface area contributed by atoms with Crippen LogP contribution in [0.15, 0.2) is 34.9 Å². The van der Waals surface area contributed by atoms with E-state index in [9.17, 15) is 0 Å². The summed E-state index contributed by atoms with van der Waals surface area (Å²) in [5.74, 6) is 0.847. The van der Waals surface area contributed by atoms with Crippen molar-refractivity contribution in [3.8, 4) is 5.75 Å². The molecule has 0 amide bonds. The maximum absolute atomic E-state index is 5.71. The summed E-state index contributed by atoms with van der Waals surface area (Å²) < 4.78 is 11.0. The Morgan fingerprint density at radius 2 is 2.27 bits per heavy atom. The number of ether oxygens (including phenoxy) is 1. The second kappa shape index (κ2) is 4.36. The minimum absolute atomic E-state index is 0.155. The molecule has 15 heavy (non-hydrogen) atoms. The van der Waals surface area contributed by atoms with Crippen LogP contribution in [0.2, 0.25) is 0 Å². The molecule has 0 saturated heterocycles. The molecule has 0 spiro atoms. The number of fused-ring (bicyclic) bond motifs is 1. The SMILES string of the molecule is CNCC(C)Oc1ccc2ccoc2c1. The molecule has 3 nitrogen and oxygen atoms in total. The maximum atomic E-state index is 5.71. The van der Waals surface area contributed by atoms with E-state index in [1.807, 2.05) is 38.2 Å². The van der Waals surface area contributed by atoms with Crippen molar-refractivity contribution in [3.63, 3.8) is 0 Å². The third-order valence-electron chi connectivity index (χ3n) is 2.26. The van der Waals surface area contributed by atoms with Crippen LogP contribution in [0, 0.1) is 0 Å². The van der Waals surface area contributed by atoms with Crippen molar-refractivity contribution in [3.05, 3.63) is 30.5 Å². The van der Waals surface area contributed by atoms with Gasteiger partial charge in [0.2, 0.25) is 0 Å². The van der Waals surface area contributed by atoms with Crippen LogP contribution in [-0.4, -0.2) is 19.7 Å². The third-order valence-corrected chi connectivity index (χ3v) is 2.26. The Kier molecular flexibility index (Phi) is 2.92. The molecule has 1 aromatic heterocycles. The first-order valence-corrected chi connectivity index (χ1v) is 5.08. The smallest absolute Gasteiger partial charge is 0.137 e. The lowest BCUT2D eigenvalue weighted by Gasteiger charge is -2.13. The molecule has 0 saturated carbocycles. The minimum Gasteiger partial charge on any atom is -0.489 e. The van der Waals surface area contributed by atoms with E-state index in [0.717, 1.165) is 23.3 Å². The van der Waals surface area contributed by atoms with E-state index >= 15 is 0 Å². The van der Waals surface area contributed by atoms with Crippen LogP contribution in [0.3, 0.4) is 0 Å². The van der Waals surface area contributed by atoms with Crippen molar-refractivity contribution in [1.29, 1.82) is 0 Å². The molecule has 0 aliphatic rings. The van der Waals surface area contributed by atoms with Gasteiger partial charge in [-0.05, 0) is 32.2 Å². The predicted octanol–water partition coefficient (Wildman–Crippen LogP) is 2.42. The van der Waals surface area contributed by atoms with E-state index < -0.39 is 0 Å². The maximum Gasteiger partial charge on any atom is 0.137 e. The molecule has 0 aliphatic heterocycles. The summed E-state index contributed by atoms with van der Waals surface area (Å²) in [6.45, 7) is 2.86. The lowest BCUT2D eigenvalue weighted by Crippen LogP contribution is -2.25. The van der Waals surface area contributed by atoms with Gasteiger partial charge < -0.3 is 14.5 Å². The minimum atomic E-state index is 0.155. The largest absolute Gasteiger partial charge is 0.489 e. The molecule has 1 atom stereocenters. The zero-order valence-corrected chi connectivity index (χ0v) is 8.99. The molecule has 0 radical (unpaired) electrons. The molecule has 2 aromatic rings. The fourth-order valence-electron chi connectivity index (χ4n) is 1.57. The zero-order valence-electron chi connectivity index (χ0n) is 8.99. The highest BCUT2D eigenvalue weighted by Gasteiger charge is 2.04. The van der Waals surface area contributed by atoms with Crippen LogP contribution in [-0.2, 0) is 0 Å². The predicted molar refractivity (Wildman–Crippen MR) is 60.2 cm³/mol. The van der Waals surface area contributed by atoms with Gasteiger partial charge in [-0.1, -0.05) is 0 Å². The highest BCUT2D eigenvalue weighted by molar-refractivity contribution is 5.78. The van der Waals surface area contributed by atoms with Crippen molar-refractivity contribution < 1.29 is 9.15 Å². The van der Waals surface area contributed by atoms with E-state index in [4.69, 9.17) is 9.15 Å². The van der Waals surface area contributed by atoms with Gasteiger partial charge in [0.05, 0.1) is 6.26 Å². The second-order valence-electron chi connectivity index (χ2n) is 3.61. The summed E-state index contributed by atoms with van der Waals surface area (Å²) in [7, 11) is 1.91. The summed E-state index contributed by atoms with van der Waals surface area (Å²) in [6.07, 6.45) is 1.84. The van der Waals surface area contributed by atoms with Gasteiger partial charge in [-0.25, -0.2) is 0 Å². The molecule has 1 unspecified atom stereocenters.